The number of alkyl halides is 6. The summed E-state index contributed by atoms with van der Waals surface area (Å²) in [5.74, 6) is -1.75. The van der Waals surface area contributed by atoms with Gasteiger partial charge in [-0.1, -0.05) is 17.3 Å². The van der Waals surface area contributed by atoms with Crippen LogP contribution in [0.15, 0.2) is 72.1 Å². The third-order valence-corrected chi connectivity index (χ3v) is 7.23. The van der Waals surface area contributed by atoms with Gasteiger partial charge in [0.05, 0.1) is 29.9 Å². The van der Waals surface area contributed by atoms with Crippen molar-refractivity contribution in [2.24, 2.45) is 5.16 Å². The lowest BCUT2D eigenvalue weighted by atomic mass is 9.87. The van der Waals surface area contributed by atoms with E-state index in [2.05, 4.69) is 15.1 Å². The Labute approximate surface area is 246 Å². The van der Waals surface area contributed by atoms with Gasteiger partial charge in [-0.15, -0.1) is 0 Å². The van der Waals surface area contributed by atoms with Crippen molar-refractivity contribution in [3.63, 3.8) is 0 Å². The molecule has 3 heterocycles. The highest BCUT2D eigenvalue weighted by atomic mass is 19.4. The molecule has 44 heavy (non-hydrogen) atoms. The van der Waals surface area contributed by atoms with Gasteiger partial charge in [0.25, 0.3) is 0 Å². The highest BCUT2D eigenvalue weighted by Gasteiger charge is 2.35. The van der Waals surface area contributed by atoms with Gasteiger partial charge in [0.1, 0.15) is 12.3 Å². The number of oxime groups is 1. The molecule has 228 valence electrons. The van der Waals surface area contributed by atoms with Gasteiger partial charge in [-0.3, -0.25) is 4.98 Å². The molecule has 0 radical (unpaired) electrons. The summed E-state index contributed by atoms with van der Waals surface area (Å²) in [5, 5.41) is 13.3. The zero-order chi connectivity index (χ0) is 31.8. The van der Waals surface area contributed by atoms with Gasteiger partial charge in [-0.2, -0.15) is 26.3 Å². The molecule has 0 bridgehead atoms. The summed E-state index contributed by atoms with van der Waals surface area (Å²) in [5.41, 5.74) is 1.14. The highest BCUT2D eigenvalue weighted by Crippen LogP contribution is 2.40. The van der Waals surface area contributed by atoms with Crippen LogP contribution in [-0.4, -0.2) is 40.5 Å². The van der Waals surface area contributed by atoms with Crippen molar-refractivity contribution < 1.29 is 45.8 Å². The first kappa shape index (κ1) is 30.5. The summed E-state index contributed by atoms with van der Waals surface area (Å²) in [6.45, 7) is 1.62. The number of methoxy groups -OCH3 is 1. The molecule has 0 fully saturated rings. The fraction of sp³-hybridized carbons (Fsp3) is 0.226. The highest BCUT2D eigenvalue weighted by molar-refractivity contribution is 5.95. The maximum Gasteiger partial charge on any atom is 0.433 e. The molecule has 1 aliphatic heterocycles. The van der Waals surface area contributed by atoms with Crippen molar-refractivity contribution in [2.75, 3.05) is 13.7 Å². The first-order valence-electron chi connectivity index (χ1n) is 13.1. The molecule has 7 nitrogen and oxygen atoms in total. The number of halogens is 6. The predicted octanol–water partition coefficient (Wildman–Crippen LogP) is 7.58. The fourth-order valence-corrected chi connectivity index (χ4v) is 5.07. The second kappa shape index (κ2) is 11.6. The molecule has 1 atom stereocenters. The van der Waals surface area contributed by atoms with Crippen molar-refractivity contribution in [1.82, 2.24) is 9.97 Å². The summed E-state index contributed by atoms with van der Waals surface area (Å²) in [7, 11) is 1.36. The average Bonchev–Trinajstić information content (AvgIpc) is 3.44. The Bertz CT molecular complexity index is 1770. The molecule has 1 aliphatic rings. The Morgan fingerprint density at radius 2 is 1.70 bits per heavy atom. The Balaban J connectivity index is 1.60. The molecule has 0 aliphatic carbocycles. The van der Waals surface area contributed by atoms with E-state index in [9.17, 15) is 36.2 Å². The standard InChI is InChI=1S/C31H23F6N3O4/c1-16-9-18(29(41)42)3-5-22(16)20-11-24(28(43-2)39-14-20)23-6-4-21(30(32,33)34)10-19(23)12-26-25(15-44-40-26)17-7-8-38-27(13-17)31(35,36)37/h3-11,13-14,25H,12,15H2,1-2H3,(H,41,42)/t25-/m0/s1. The predicted molar refractivity (Wildman–Crippen MR) is 147 cm³/mol. The maximum atomic E-state index is 13.8. The Hall–Kier alpha value is -4.94. The Morgan fingerprint density at radius 3 is 2.36 bits per heavy atom. The number of carbonyl (C=O) groups is 1. The third-order valence-electron chi connectivity index (χ3n) is 7.23. The molecule has 4 aromatic rings. The average molecular weight is 616 g/mol. The summed E-state index contributed by atoms with van der Waals surface area (Å²) in [4.78, 5) is 24.3. The quantitative estimate of drug-likeness (QED) is 0.216. The molecular formula is C31H23F6N3O4. The topological polar surface area (TPSA) is 93.9 Å². The molecule has 2 aromatic carbocycles. The molecular weight excluding hydrogens is 592 g/mol. The Morgan fingerprint density at radius 1 is 0.955 bits per heavy atom. The number of carboxylic acids is 1. The van der Waals surface area contributed by atoms with Crippen LogP contribution >= 0.6 is 0 Å². The van der Waals surface area contributed by atoms with Gasteiger partial charge in [-0.05, 0) is 77.2 Å². The second-order valence-corrected chi connectivity index (χ2v) is 10.1. The molecule has 5 rings (SSSR count). The molecule has 0 amide bonds. The van der Waals surface area contributed by atoms with Crippen LogP contribution < -0.4 is 4.74 Å². The van der Waals surface area contributed by atoms with Crippen LogP contribution in [0.2, 0.25) is 0 Å². The van der Waals surface area contributed by atoms with Gasteiger partial charge in [0, 0.05) is 29.9 Å². The van der Waals surface area contributed by atoms with Gasteiger partial charge in [-0.25, -0.2) is 9.78 Å². The fourth-order valence-electron chi connectivity index (χ4n) is 5.07. The number of ether oxygens (including phenoxy) is 1. The van der Waals surface area contributed by atoms with E-state index in [0.29, 0.717) is 27.8 Å². The minimum absolute atomic E-state index is 0.0867. The van der Waals surface area contributed by atoms with Crippen LogP contribution in [0.1, 0.15) is 44.2 Å². The van der Waals surface area contributed by atoms with Crippen molar-refractivity contribution >= 4 is 11.7 Å². The molecule has 0 saturated heterocycles. The molecule has 13 heteroatoms. The summed E-state index contributed by atoms with van der Waals surface area (Å²) in [6.07, 6.45) is -7.05. The Kier molecular flexibility index (Phi) is 8.06. The third kappa shape index (κ3) is 6.21. The van der Waals surface area contributed by atoms with Crippen LogP contribution in [0, 0.1) is 6.92 Å². The molecule has 0 saturated carbocycles. The lowest BCUT2D eigenvalue weighted by Crippen LogP contribution is -2.17. The van der Waals surface area contributed by atoms with Gasteiger partial charge in [0.15, 0.2) is 0 Å². The number of pyridine rings is 2. The van der Waals surface area contributed by atoms with Crippen LogP contribution in [0.25, 0.3) is 22.3 Å². The minimum atomic E-state index is -4.69. The number of aromatic nitrogens is 2. The van der Waals surface area contributed by atoms with Crippen LogP contribution in [0.4, 0.5) is 26.3 Å². The van der Waals surface area contributed by atoms with E-state index in [1.165, 1.54) is 37.6 Å². The zero-order valence-electron chi connectivity index (χ0n) is 23.1. The number of aryl methyl sites for hydroxylation is 1. The first-order valence-corrected chi connectivity index (χ1v) is 13.1. The van der Waals surface area contributed by atoms with E-state index < -0.39 is 35.5 Å². The number of hydrogen-bond donors (Lipinski definition) is 1. The molecule has 1 N–H and O–H groups in total. The minimum Gasteiger partial charge on any atom is -0.481 e. The molecule has 0 unspecified atom stereocenters. The van der Waals surface area contributed by atoms with E-state index in [0.717, 1.165) is 24.4 Å². The lowest BCUT2D eigenvalue weighted by molar-refractivity contribution is -0.141. The van der Waals surface area contributed by atoms with Crippen LogP contribution in [0.5, 0.6) is 5.88 Å². The largest absolute Gasteiger partial charge is 0.481 e. The second-order valence-electron chi connectivity index (χ2n) is 10.1. The number of rotatable bonds is 7. The van der Waals surface area contributed by atoms with Crippen molar-refractivity contribution in [1.29, 1.82) is 0 Å². The number of carboxylic acid groups (broad SMARTS) is 1. The van der Waals surface area contributed by atoms with E-state index in [1.807, 2.05) is 0 Å². The smallest absolute Gasteiger partial charge is 0.433 e. The lowest BCUT2D eigenvalue weighted by Gasteiger charge is -2.18. The van der Waals surface area contributed by atoms with Gasteiger partial charge >= 0.3 is 18.3 Å². The molecule has 0 spiro atoms. The monoisotopic (exact) mass is 615 g/mol. The van der Waals surface area contributed by atoms with Crippen molar-refractivity contribution in [3.05, 3.63) is 101 Å². The number of aromatic carboxylic acids is 1. The van der Waals surface area contributed by atoms with Gasteiger partial charge in [0.2, 0.25) is 5.88 Å². The number of nitrogens with zero attached hydrogens (tertiary/aromatic N) is 3. The summed E-state index contributed by atoms with van der Waals surface area (Å²) in [6, 6.07) is 11.6. The molecule has 2 aromatic heterocycles. The van der Waals surface area contributed by atoms with Crippen molar-refractivity contribution in [3.8, 4) is 28.1 Å². The van der Waals surface area contributed by atoms with Crippen LogP contribution in [0.3, 0.4) is 0 Å². The SMILES string of the molecule is COc1ncc(-c2ccc(C(=O)O)cc2C)cc1-c1ccc(C(F)(F)F)cc1CC1=NOC[C@H]1c1ccnc(C(F)(F)F)c1. The van der Waals surface area contributed by atoms with E-state index >= 15 is 0 Å². The number of benzene rings is 2. The maximum absolute atomic E-state index is 13.8. The van der Waals surface area contributed by atoms with E-state index in [-0.39, 0.29) is 41.3 Å². The normalized spacial score (nSPS) is 15.1. The van der Waals surface area contributed by atoms with E-state index in [1.54, 1.807) is 19.1 Å². The summed E-state index contributed by atoms with van der Waals surface area (Å²) < 4.78 is 86.9. The zero-order valence-corrected chi connectivity index (χ0v) is 23.1. The van der Waals surface area contributed by atoms with E-state index in [4.69, 9.17) is 9.57 Å². The van der Waals surface area contributed by atoms with Crippen LogP contribution in [-0.2, 0) is 23.6 Å². The van der Waals surface area contributed by atoms with Crippen molar-refractivity contribution in [2.45, 2.75) is 31.6 Å². The number of hydrogen-bond acceptors (Lipinski definition) is 6. The summed E-state index contributed by atoms with van der Waals surface area (Å²) >= 11 is 0. The van der Waals surface area contributed by atoms with Gasteiger partial charge < -0.3 is 14.7 Å². The first-order chi connectivity index (χ1) is 20.8.